The highest BCUT2D eigenvalue weighted by Gasteiger charge is 2.14. The summed E-state index contributed by atoms with van der Waals surface area (Å²) in [6.07, 6.45) is 0. The molecule has 0 saturated carbocycles. The molecule has 1 N–H and O–H groups in total. The van der Waals surface area contributed by atoms with Gasteiger partial charge in [-0.1, -0.05) is 23.2 Å². The van der Waals surface area contributed by atoms with Gasteiger partial charge in [0, 0.05) is 5.69 Å². The van der Waals surface area contributed by atoms with Crippen molar-refractivity contribution < 1.29 is 4.79 Å². The van der Waals surface area contributed by atoms with E-state index in [0.717, 1.165) is 11.4 Å². The second-order valence-corrected chi connectivity index (χ2v) is 4.80. The van der Waals surface area contributed by atoms with Gasteiger partial charge in [0.15, 0.2) is 0 Å². The summed E-state index contributed by atoms with van der Waals surface area (Å²) in [6.45, 7) is 3.70. The minimum atomic E-state index is -0.416. The highest BCUT2D eigenvalue weighted by Crippen LogP contribution is 2.19. The highest BCUT2D eigenvalue weighted by molar-refractivity contribution is 6.35. The number of aromatic nitrogens is 2. The second kappa shape index (κ2) is 5.55. The summed E-state index contributed by atoms with van der Waals surface area (Å²) in [5.74, 6) is -0.416. The third-order valence-corrected chi connectivity index (χ3v) is 3.02. The van der Waals surface area contributed by atoms with Gasteiger partial charge in [0.05, 0.1) is 16.4 Å². The number of halogens is 2. The van der Waals surface area contributed by atoms with Gasteiger partial charge in [-0.3, -0.25) is 9.78 Å². The Kier molecular flexibility index (Phi) is 4.02. The van der Waals surface area contributed by atoms with Gasteiger partial charge in [0.1, 0.15) is 10.8 Å². The number of carbonyl (C=O) groups is 1. The average molecular weight is 296 g/mol. The Balaban J connectivity index is 2.28. The third-order valence-electron chi connectivity index (χ3n) is 2.50. The number of hydrogen-bond donors (Lipinski definition) is 1. The van der Waals surface area contributed by atoms with Crippen LogP contribution >= 0.6 is 23.2 Å². The van der Waals surface area contributed by atoms with E-state index >= 15 is 0 Å². The molecule has 98 valence electrons. The van der Waals surface area contributed by atoms with Crippen molar-refractivity contribution in [1.29, 1.82) is 0 Å². The summed E-state index contributed by atoms with van der Waals surface area (Å²) in [5.41, 5.74) is 2.32. The predicted octanol–water partition coefficient (Wildman–Crippen LogP) is 3.65. The quantitative estimate of drug-likeness (QED) is 0.861. The molecule has 0 radical (unpaired) electrons. The molecule has 4 nitrogen and oxygen atoms in total. The second-order valence-electron chi connectivity index (χ2n) is 4.00. The molecule has 2 heterocycles. The van der Waals surface area contributed by atoms with Crippen molar-refractivity contribution in [1.82, 2.24) is 9.97 Å². The Hall–Kier alpha value is -1.65. The van der Waals surface area contributed by atoms with Crippen LogP contribution in [0.5, 0.6) is 0 Å². The van der Waals surface area contributed by atoms with Gasteiger partial charge >= 0.3 is 0 Å². The van der Waals surface area contributed by atoms with Gasteiger partial charge in [0.25, 0.3) is 5.91 Å². The van der Waals surface area contributed by atoms with E-state index in [1.54, 1.807) is 6.07 Å². The van der Waals surface area contributed by atoms with Gasteiger partial charge in [0.2, 0.25) is 0 Å². The Morgan fingerprint density at radius 2 is 1.84 bits per heavy atom. The Bertz CT molecular complexity index is 644. The first-order valence-corrected chi connectivity index (χ1v) is 6.30. The summed E-state index contributed by atoms with van der Waals surface area (Å²) in [4.78, 5) is 20.3. The van der Waals surface area contributed by atoms with Crippen LogP contribution in [0.1, 0.15) is 21.9 Å². The van der Waals surface area contributed by atoms with E-state index in [1.807, 2.05) is 19.9 Å². The Labute approximate surface area is 120 Å². The average Bonchev–Trinajstić information content (AvgIpc) is 2.35. The molecule has 0 bridgehead atoms. The molecule has 0 unspecified atom stereocenters. The lowest BCUT2D eigenvalue weighted by Crippen LogP contribution is -2.15. The number of anilines is 1. The number of nitrogens with one attached hydrogen (secondary N) is 1. The largest absolute Gasteiger partial charge is 0.319 e. The first-order chi connectivity index (χ1) is 8.97. The zero-order valence-corrected chi connectivity index (χ0v) is 11.9. The fourth-order valence-electron chi connectivity index (χ4n) is 1.58. The van der Waals surface area contributed by atoms with Crippen molar-refractivity contribution in [2.45, 2.75) is 13.8 Å². The molecule has 0 aromatic carbocycles. The number of nitrogens with zero attached hydrogens (tertiary/aromatic N) is 2. The van der Waals surface area contributed by atoms with Crippen molar-refractivity contribution in [2.75, 3.05) is 5.32 Å². The molecule has 0 spiro atoms. The van der Waals surface area contributed by atoms with Crippen molar-refractivity contribution in [3.63, 3.8) is 0 Å². The summed E-state index contributed by atoms with van der Waals surface area (Å²) in [6, 6.07) is 6.66. The lowest BCUT2D eigenvalue weighted by atomic mass is 10.2. The molecular formula is C13H11Cl2N3O. The van der Waals surface area contributed by atoms with E-state index in [9.17, 15) is 4.79 Å². The van der Waals surface area contributed by atoms with Crippen molar-refractivity contribution in [3.05, 3.63) is 51.5 Å². The van der Waals surface area contributed by atoms with Gasteiger partial charge in [-0.15, -0.1) is 0 Å². The van der Waals surface area contributed by atoms with E-state index in [-0.39, 0.29) is 15.9 Å². The third kappa shape index (κ3) is 3.22. The van der Waals surface area contributed by atoms with E-state index in [1.165, 1.54) is 12.1 Å². The standard InChI is InChI=1S/C13H11Cl2N3O/c1-7-3-5-10(8(2)16-7)17-13(19)12-9(14)4-6-11(15)18-12/h3-6H,1-2H3,(H,17,19). The minimum Gasteiger partial charge on any atom is -0.319 e. The molecule has 19 heavy (non-hydrogen) atoms. The van der Waals surface area contributed by atoms with E-state index < -0.39 is 5.91 Å². The zero-order chi connectivity index (χ0) is 14.0. The van der Waals surface area contributed by atoms with Crippen molar-refractivity contribution in [2.24, 2.45) is 0 Å². The minimum absolute atomic E-state index is 0.0918. The smallest absolute Gasteiger partial charge is 0.275 e. The number of aryl methyl sites for hydroxylation is 2. The van der Waals surface area contributed by atoms with Gasteiger partial charge < -0.3 is 5.32 Å². The van der Waals surface area contributed by atoms with Gasteiger partial charge in [-0.2, -0.15) is 0 Å². The monoisotopic (exact) mass is 295 g/mol. The Morgan fingerprint density at radius 3 is 2.53 bits per heavy atom. The van der Waals surface area contributed by atoms with E-state index in [0.29, 0.717) is 5.69 Å². The number of amides is 1. The van der Waals surface area contributed by atoms with Crippen LogP contribution in [0.15, 0.2) is 24.3 Å². The van der Waals surface area contributed by atoms with Crippen LogP contribution in [0.2, 0.25) is 10.2 Å². The normalized spacial score (nSPS) is 10.3. The van der Waals surface area contributed by atoms with Gasteiger partial charge in [-0.25, -0.2) is 4.98 Å². The maximum absolute atomic E-state index is 12.1. The lowest BCUT2D eigenvalue weighted by Gasteiger charge is -2.09. The zero-order valence-electron chi connectivity index (χ0n) is 10.4. The molecule has 0 aliphatic heterocycles. The molecule has 2 aromatic heterocycles. The molecule has 2 rings (SSSR count). The highest BCUT2D eigenvalue weighted by atomic mass is 35.5. The number of carbonyl (C=O) groups excluding carboxylic acids is 1. The van der Waals surface area contributed by atoms with Crippen molar-refractivity contribution in [3.8, 4) is 0 Å². The van der Waals surface area contributed by atoms with Crippen LogP contribution in [0.4, 0.5) is 5.69 Å². The Morgan fingerprint density at radius 1 is 1.11 bits per heavy atom. The maximum Gasteiger partial charge on any atom is 0.275 e. The fraction of sp³-hybridized carbons (Fsp3) is 0.154. The first-order valence-electron chi connectivity index (χ1n) is 5.55. The van der Waals surface area contributed by atoms with Crippen molar-refractivity contribution >= 4 is 34.8 Å². The van der Waals surface area contributed by atoms with Crippen LogP contribution in [0.3, 0.4) is 0 Å². The molecule has 1 amide bonds. The van der Waals surface area contributed by atoms with Gasteiger partial charge in [-0.05, 0) is 38.1 Å². The maximum atomic E-state index is 12.1. The molecule has 6 heteroatoms. The summed E-state index contributed by atoms with van der Waals surface area (Å²) >= 11 is 11.7. The molecule has 2 aromatic rings. The molecule has 0 aliphatic carbocycles. The van der Waals surface area contributed by atoms with Crippen LogP contribution in [0.25, 0.3) is 0 Å². The van der Waals surface area contributed by atoms with Crippen LogP contribution in [0, 0.1) is 13.8 Å². The molecule has 0 atom stereocenters. The van der Waals surface area contributed by atoms with E-state index in [2.05, 4.69) is 15.3 Å². The fourth-order valence-corrected chi connectivity index (χ4v) is 1.92. The molecular weight excluding hydrogens is 285 g/mol. The number of hydrogen-bond acceptors (Lipinski definition) is 3. The molecule has 0 fully saturated rings. The summed E-state index contributed by atoms with van der Waals surface area (Å²) in [7, 11) is 0. The lowest BCUT2D eigenvalue weighted by molar-refractivity contribution is 0.102. The molecule has 0 saturated heterocycles. The van der Waals surface area contributed by atoms with Crippen LogP contribution in [-0.4, -0.2) is 15.9 Å². The first kappa shape index (κ1) is 13.8. The van der Waals surface area contributed by atoms with Crippen LogP contribution in [-0.2, 0) is 0 Å². The SMILES string of the molecule is Cc1ccc(NC(=O)c2nc(Cl)ccc2Cl)c(C)n1. The number of pyridine rings is 2. The topological polar surface area (TPSA) is 54.9 Å². The molecule has 0 aliphatic rings. The number of rotatable bonds is 2. The summed E-state index contributed by atoms with van der Waals surface area (Å²) < 4.78 is 0. The van der Waals surface area contributed by atoms with E-state index in [4.69, 9.17) is 23.2 Å². The predicted molar refractivity (Wildman–Crippen MR) is 75.9 cm³/mol. The summed E-state index contributed by atoms with van der Waals surface area (Å²) in [5, 5.41) is 3.18. The van der Waals surface area contributed by atoms with Crippen LogP contribution < -0.4 is 5.32 Å².